The molecule has 4 nitrogen and oxygen atoms in total. The third-order valence-electron chi connectivity index (χ3n) is 4.96. The number of hydrogen-bond donors (Lipinski definition) is 0. The van der Waals surface area contributed by atoms with Crippen molar-refractivity contribution in [2.24, 2.45) is 0 Å². The molecule has 0 N–H and O–H groups in total. The molecule has 3 rings (SSSR count). The van der Waals surface area contributed by atoms with E-state index in [1.807, 2.05) is 35.2 Å². The highest BCUT2D eigenvalue weighted by Crippen LogP contribution is 2.18. The Labute approximate surface area is 155 Å². The molecule has 4 heteroatoms. The number of aryl methyl sites for hydroxylation is 2. The standard InChI is InChI=1S/C22H27NO3/c1-17-6-3-4-8-19(17)10-11-22(24)23-12-13-26-21(16-23)15-18-7-5-9-20(14-18)25-2/h3-9,14,21H,10-13,15-16H2,1-2H3/t21-/m0/s1. The van der Waals surface area contributed by atoms with Gasteiger partial charge in [-0.15, -0.1) is 0 Å². The van der Waals surface area contributed by atoms with Gasteiger partial charge < -0.3 is 14.4 Å². The molecule has 1 fully saturated rings. The summed E-state index contributed by atoms with van der Waals surface area (Å²) in [5, 5.41) is 0. The molecule has 0 radical (unpaired) electrons. The van der Waals surface area contributed by atoms with Crippen LogP contribution < -0.4 is 4.74 Å². The smallest absolute Gasteiger partial charge is 0.223 e. The maximum Gasteiger partial charge on any atom is 0.223 e. The van der Waals surface area contributed by atoms with Gasteiger partial charge in [-0.2, -0.15) is 0 Å². The molecule has 138 valence electrons. The van der Waals surface area contributed by atoms with E-state index >= 15 is 0 Å². The van der Waals surface area contributed by atoms with Crippen LogP contribution in [0.15, 0.2) is 48.5 Å². The molecule has 2 aromatic rings. The van der Waals surface area contributed by atoms with E-state index in [4.69, 9.17) is 9.47 Å². The first-order valence-corrected chi connectivity index (χ1v) is 9.22. The summed E-state index contributed by atoms with van der Waals surface area (Å²) in [5.74, 6) is 1.07. The third kappa shape index (κ3) is 4.85. The van der Waals surface area contributed by atoms with Crippen molar-refractivity contribution in [1.29, 1.82) is 0 Å². The zero-order chi connectivity index (χ0) is 18.4. The molecule has 1 heterocycles. The van der Waals surface area contributed by atoms with Gasteiger partial charge in [-0.05, 0) is 42.2 Å². The summed E-state index contributed by atoms with van der Waals surface area (Å²) < 4.78 is 11.2. The monoisotopic (exact) mass is 353 g/mol. The maximum atomic E-state index is 12.6. The minimum atomic E-state index is 0.0401. The lowest BCUT2D eigenvalue weighted by Crippen LogP contribution is -2.46. The highest BCUT2D eigenvalue weighted by Gasteiger charge is 2.24. The minimum Gasteiger partial charge on any atom is -0.497 e. The quantitative estimate of drug-likeness (QED) is 0.799. The van der Waals surface area contributed by atoms with Crippen LogP contribution in [0.5, 0.6) is 5.75 Å². The summed E-state index contributed by atoms with van der Waals surface area (Å²) in [6, 6.07) is 16.3. The van der Waals surface area contributed by atoms with Crippen molar-refractivity contribution in [2.75, 3.05) is 26.8 Å². The van der Waals surface area contributed by atoms with Gasteiger partial charge in [-0.3, -0.25) is 4.79 Å². The number of nitrogens with zero attached hydrogens (tertiary/aromatic N) is 1. The van der Waals surface area contributed by atoms with Gasteiger partial charge in [-0.25, -0.2) is 0 Å². The second-order valence-electron chi connectivity index (χ2n) is 6.81. The Morgan fingerprint density at radius 2 is 2.08 bits per heavy atom. The first kappa shape index (κ1) is 18.5. The van der Waals surface area contributed by atoms with Gasteiger partial charge in [0.25, 0.3) is 0 Å². The number of ether oxygens (including phenoxy) is 2. The molecule has 0 spiro atoms. The molecular formula is C22H27NO3. The maximum absolute atomic E-state index is 12.6. The summed E-state index contributed by atoms with van der Waals surface area (Å²) in [6.07, 6.45) is 2.18. The predicted octanol–water partition coefficient (Wildman–Crippen LogP) is 3.41. The van der Waals surface area contributed by atoms with E-state index in [0.29, 0.717) is 26.1 Å². The van der Waals surface area contributed by atoms with Crippen LogP contribution in [-0.4, -0.2) is 43.7 Å². The van der Waals surface area contributed by atoms with Crippen LogP contribution in [0.25, 0.3) is 0 Å². The van der Waals surface area contributed by atoms with E-state index in [-0.39, 0.29) is 12.0 Å². The average Bonchev–Trinajstić information content (AvgIpc) is 2.67. The Balaban J connectivity index is 1.54. The van der Waals surface area contributed by atoms with Gasteiger partial charge >= 0.3 is 0 Å². The van der Waals surface area contributed by atoms with Gasteiger partial charge in [0, 0.05) is 25.9 Å². The molecule has 0 aliphatic carbocycles. The van der Waals surface area contributed by atoms with E-state index in [1.54, 1.807) is 7.11 Å². The number of morpholine rings is 1. The van der Waals surface area contributed by atoms with Gasteiger partial charge in [-0.1, -0.05) is 36.4 Å². The summed E-state index contributed by atoms with van der Waals surface area (Å²) in [5.41, 5.74) is 3.67. The Morgan fingerprint density at radius 1 is 1.23 bits per heavy atom. The average molecular weight is 353 g/mol. The van der Waals surface area contributed by atoms with Crippen LogP contribution in [0, 0.1) is 6.92 Å². The predicted molar refractivity (Wildman–Crippen MR) is 103 cm³/mol. The Kier molecular flexibility index (Phi) is 6.29. The summed E-state index contributed by atoms with van der Waals surface area (Å²) in [6.45, 7) is 4.04. The molecule has 1 aliphatic heterocycles. The fraction of sp³-hybridized carbons (Fsp3) is 0.409. The van der Waals surface area contributed by atoms with Gasteiger partial charge in [0.1, 0.15) is 5.75 Å². The lowest BCUT2D eigenvalue weighted by Gasteiger charge is -2.33. The topological polar surface area (TPSA) is 38.8 Å². The number of benzene rings is 2. The number of rotatable bonds is 6. The van der Waals surface area contributed by atoms with Crippen LogP contribution >= 0.6 is 0 Å². The van der Waals surface area contributed by atoms with Crippen molar-refractivity contribution in [2.45, 2.75) is 32.3 Å². The molecule has 1 saturated heterocycles. The Morgan fingerprint density at radius 3 is 2.88 bits per heavy atom. The highest BCUT2D eigenvalue weighted by atomic mass is 16.5. The largest absolute Gasteiger partial charge is 0.497 e. The van der Waals surface area contributed by atoms with Crippen molar-refractivity contribution in [3.05, 3.63) is 65.2 Å². The van der Waals surface area contributed by atoms with Crippen molar-refractivity contribution in [1.82, 2.24) is 4.90 Å². The number of hydrogen-bond acceptors (Lipinski definition) is 3. The molecule has 2 aromatic carbocycles. The molecule has 26 heavy (non-hydrogen) atoms. The molecule has 1 aliphatic rings. The van der Waals surface area contributed by atoms with Crippen LogP contribution in [0.3, 0.4) is 0 Å². The highest BCUT2D eigenvalue weighted by molar-refractivity contribution is 5.76. The third-order valence-corrected chi connectivity index (χ3v) is 4.96. The van der Waals surface area contributed by atoms with Crippen molar-refractivity contribution >= 4 is 5.91 Å². The first-order chi connectivity index (χ1) is 12.7. The second-order valence-corrected chi connectivity index (χ2v) is 6.81. The minimum absolute atomic E-state index is 0.0401. The number of methoxy groups -OCH3 is 1. The SMILES string of the molecule is COc1cccc(C[C@H]2CN(C(=O)CCc3ccccc3C)CCO2)c1. The lowest BCUT2D eigenvalue weighted by atomic mass is 10.0. The fourth-order valence-electron chi connectivity index (χ4n) is 3.42. The summed E-state index contributed by atoms with van der Waals surface area (Å²) in [4.78, 5) is 14.6. The van der Waals surface area contributed by atoms with Gasteiger partial charge in [0.15, 0.2) is 0 Å². The number of carbonyl (C=O) groups excluding carboxylic acids is 1. The molecule has 0 aromatic heterocycles. The zero-order valence-corrected chi connectivity index (χ0v) is 15.6. The Bertz CT molecular complexity index is 744. The van der Waals surface area contributed by atoms with Gasteiger partial charge in [0.05, 0.1) is 19.8 Å². The molecule has 1 atom stereocenters. The fourth-order valence-corrected chi connectivity index (χ4v) is 3.42. The van der Waals surface area contributed by atoms with Crippen LogP contribution in [0.1, 0.15) is 23.1 Å². The summed E-state index contributed by atoms with van der Waals surface area (Å²) >= 11 is 0. The molecule has 0 bridgehead atoms. The van der Waals surface area contributed by atoms with E-state index in [1.165, 1.54) is 16.7 Å². The zero-order valence-electron chi connectivity index (χ0n) is 15.6. The van der Waals surface area contributed by atoms with Crippen molar-refractivity contribution in [3.8, 4) is 5.75 Å². The molecule has 0 unspecified atom stereocenters. The normalized spacial score (nSPS) is 17.2. The first-order valence-electron chi connectivity index (χ1n) is 9.22. The van der Waals surface area contributed by atoms with Crippen LogP contribution in [0.4, 0.5) is 0 Å². The van der Waals surface area contributed by atoms with E-state index in [0.717, 1.165) is 18.6 Å². The van der Waals surface area contributed by atoms with Gasteiger partial charge in [0.2, 0.25) is 5.91 Å². The summed E-state index contributed by atoms with van der Waals surface area (Å²) in [7, 11) is 1.67. The molecular weight excluding hydrogens is 326 g/mol. The number of carbonyl (C=O) groups is 1. The van der Waals surface area contributed by atoms with Crippen LogP contribution in [0.2, 0.25) is 0 Å². The van der Waals surface area contributed by atoms with E-state index < -0.39 is 0 Å². The van der Waals surface area contributed by atoms with Crippen molar-refractivity contribution in [3.63, 3.8) is 0 Å². The Hall–Kier alpha value is -2.33. The lowest BCUT2D eigenvalue weighted by molar-refractivity contribution is -0.138. The molecule has 1 amide bonds. The van der Waals surface area contributed by atoms with E-state index in [9.17, 15) is 4.79 Å². The van der Waals surface area contributed by atoms with Crippen LogP contribution in [-0.2, 0) is 22.4 Å². The molecule has 0 saturated carbocycles. The second kappa shape index (κ2) is 8.86. The van der Waals surface area contributed by atoms with Crippen molar-refractivity contribution < 1.29 is 14.3 Å². The van der Waals surface area contributed by atoms with E-state index in [2.05, 4.69) is 25.1 Å². The number of amides is 1.